The van der Waals surface area contributed by atoms with Crippen LogP contribution < -0.4 is 5.32 Å². The van der Waals surface area contributed by atoms with E-state index in [1.54, 1.807) is 11.3 Å². The topological polar surface area (TPSA) is 46.9 Å². The van der Waals surface area contributed by atoms with E-state index in [2.05, 4.69) is 48.0 Å². The first-order chi connectivity index (χ1) is 13.7. The minimum atomic E-state index is 0.0122. The highest BCUT2D eigenvalue weighted by molar-refractivity contribution is 7.10. The Kier molecular flexibility index (Phi) is 4.10. The number of benzene rings is 2. The van der Waals surface area contributed by atoms with E-state index in [0.29, 0.717) is 6.42 Å². The van der Waals surface area contributed by atoms with E-state index in [4.69, 9.17) is 5.10 Å². The molecule has 2 aromatic heterocycles. The van der Waals surface area contributed by atoms with Gasteiger partial charge in [0, 0.05) is 28.3 Å². The molecule has 2 aromatic carbocycles. The number of carbonyl (C=O) groups is 1. The van der Waals surface area contributed by atoms with Crippen LogP contribution in [0.4, 0.5) is 5.82 Å². The average molecular weight is 385 g/mol. The molecule has 1 unspecified atom stereocenters. The van der Waals surface area contributed by atoms with Gasteiger partial charge in [-0.25, -0.2) is 4.68 Å². The predicted octanol–water partition coefficient (Wildman–Crippen LogP) is 5.38. The van der Waals surface area contributed by atoms with Gasteiger partial charge in [0.05, 0.1) is 11.4 Å². The van der Waals surface area contributed by atoms with Gasteiger partial charge in [-0.1, -0.05) is 54.1 Å². The van der Waals surface area contributed by atoms with Gasteiger partial charge < -0.3 is 5.32 Å². The molecule has 0 radical (unpaired) electrons. The second-order valence-electron chi connectivity index (χ2n) is 7.04. The summed E-state index contributed by atoms with van der Waals surface area (Å²) in [6, 6.07) is 22.5. The van der Waals surface area contributed by atoms with Crippen LogP contribution in [0.5, 0.6) is 0 Å². The van der Waals surface area contributed by atoms with Gasteiger partial charge in [-0.3, -0.25) is 4.79 Å². The zero-order chi connectivity index (χ0) is 19.1. The maximum absolute atomic E-state index is 12.6. The summed E-state index contributed by atoms with van der Waals surface area (Å²) in [5.74, 6) is 0.814. The fourth-order valence-corrected chi connectivity index (χ4v) is 4.60. The van der Waals surface area contributed by atoms with Crippen LogP contribution in [-0.4, -0.2) is 15.7 Å². The Hall–Kier alpha value is -3.18. The summed E-state index contributed by atoms with van der Waals surface area (Å²) < 4.78 is 1.87. The summed E-state index contributed by atoms with van der Waals surface area (Å²) >= 11 is 1.69. The fourth-order valence-electron chi connectivity index (χ4n) is 3.77. The number of carbonyl (C=O) groups excluding carboxylic acids is 1. The summed E-state index contributed by atoms with van der Waals surface area (Å²) in [6.07, 6.45) is 0.437. The average Bonchev–Trinajstić information content (AvgIpc) is 3.37. The Labute approximate surface area is 167 Å². The number of rotatable bonds is 3. The third-order valence-corrected chi connectivity index (χ3v) is 6.12. The highest BCUT2D eigenvalue weighted by Crippen LogP contribution is 2.44. The summed E-state index contributed by atoms with van der Waals surface area (Å²) in [7, 11) is 0. The smallest absolute Gasteiger partial charge is 0.226 e. The van der Waals surface area contributed by atoms with Crippen molar-refractivity contribution in [3.8, 4) is 16.9 Å². The normalized spacial score (nSPS) is 15.9. The number of aromatic nitrogens is 2. The third-order valence-electron chi connectivity index (χ3n) is 5.13. The first kappa shape index (κ1) is 17.0. The van der Waals surface area contributed by atoms with Crippen LogP contribution in [0, 0.1) is 6.92 Å². The number of amides is 1. The molecule has 0 aliphatic carbocycles. The second-order valence-corrected chi connectivity index (χ2v) is 8.02. The molecule has 0 saturated carbocycles. The Morgan fingerprint density at radius 3 is 2.54 bits per heavy atom. The SMILES string of the molecule is Cc1ccc(-n2nc(-c3ccccc3)c3c2NC(=O)CC3c2cccs2)cc1. The molecule has 0 bridgehead atoms. The minimum absolute atomic E-state index is 0.0122. The van der Waals surface area contributed by atoms with Crippen molar-refractivity contribution in [2.75, 3.05) is 5.32 Å². The van der Waals surface area contributed by atoms with Gasteiger partial charge in [-0.05, 0) is 30.5 Å². The standard InChI is InChI=1S/C23H19N3OS/c1-15-9-11-17(12-10-15)26-23-21(22(25-26)16-6-3-2-4-7-16)18(14-20(27)24-23)19-8-5-13-28-19/h2-13,18H,14H2,1H3,(H,24,27). The van der Waals surface area contributed by atoms with Crippen molar-refractivity contribution < 1.29 is 4.79 Å². The molecule has 4 aromatic rings. The number of thiophene rings is 1. The van der Waals surface area contributed by atoms with Gasteiger partial charge in [-0.15, -0.1) is 11.3 Å². The number of fused-ring (bicyclic) bond motifs is 1. The van der Waals surface area contributed by atoms with Crippen molar-refractivity contribution >= 4 is 23.1 Å². The van der Waals surface area contributed by atoms with Crippen LogP contribution in [0.1, 0.15) is 28.3 Å². The molecule has 1 amide bonds. The molecule has 1 N–H and O–H groups in total. The lowest BCUT2D eigenvalue weighted by Crippen LogP contribution is -2.24. The number of aryl methyl sites for hydroxylation is 1. The number of anilines is 1. The number of hydrogen-bond acceptors (Lipinski definition) is 3. The van der Waals surface area contributed by atoms with E-state index in [-0.39, 0.29) is 11.8 Å². The molecule has 138 valence electrons. The van der Waals surface area contributed by atoms with Crippen molar-refractivity contribution in [3.05, 3.63) is 88.1 Å². The van der Waals surface area contributed by atoms with Crippen LogP contribution in [0.25, 0.3) is 16.9 Å². The molecule has 3 heterocycles. The van der Waals surface area contributed by atoms with E-state index < -0.39 is 0 Å². The van der Waals surface area contributed by atoms with E-state index in [9.17, 15) is 4.79 Å². The highest BCUT2D eigenvalue weighted by Gasteiger charge is 2.34. The van der Waals surface area contributed by atoms with Crippen molar-refractivity contribution in [2.24, 2.45) is 0 Å². The van der Waals surface area contributed by atoms with Crippen LogP contribution in [0.3, 0.4) is 0 Å². The molecule has 28 heavy (non-hydrogen) atoms. The zero-order valence-electron chi connectivity index (χ0n) is 15.4. The van der Waals surface area contributed by atoms with Crippen molar-refractivity contribution in [1.82, 2.24) is 9.78 Å². The molecule has 0 saturated heterocycles. The lowest BCUT2D eigenvalue weighted by Gasteiger charge is -2.23. The molecule has 0 spiro atoms. The summed E-state index contributed by atoms with van der Waals surface area (Å²) in [4.78, 5) is 13.8. The van der Waals surface area contributed by atoms with E-state index in [0.717, 1.165) is 28.3 Å². The van der Waals surface area contributed by atoms with Gasteiger partial charge in [0.25, 0.3) is 0 Å². The molecule has 5 rings (SSSR count). The summed E-state index contributed by atoms with van der Waals surface area (Å²) in [5.41, 5.74) is 5.20. The van der Waals surface area contributed by atoms with E-state index in [1.807, 2.05) is 41.1 Å². The summed E-state index contributed by atoms with van der Waals surface area (Å²) in [5, 5.41) is 10.1. The van der Waals surface area contributed by atoms with Crippen LogP contribution in [-0.2, 0) is 4.79 Å². The van der Waals surface area contributed by atoms with Gasteiger partial charge in [0.2, 0.25) is 5.91 Å². The van der Waals surface area contributed by atoms with Gasteiger partial charge in [0.1, 0.15) is 5.82 Å². The van der Waals surface area contributed by atoms with Crippen LogP contribution >= 0.6 is 11.3 Å². The first-order valence-electron chi connectivity index (χ1n) is 9.29. The fraction of sp³-hybridized carbons (Fsp3) is 0.130. The maximum atomic E-state index is 12.6. The quantitative estimate of drug-likeness (QED) is 0.514. The lowest BCUT2D eigenvalue weighted by atomic mass is 9.88. The van der Waals surface area contributed by atoms with E-state index >= 15 is 0 Å². The van der Waals surface area contributed by atoms with Gasteiger partial charge in [-0.2, -0.15) is 5.10 Å². The molecule has 1 aliphatic rings. The van der Waals surface area contributed by atoms with Crippen LogP contribution in [0.2, 0.25) is 0 Å². The number of nitrogens with zero attached hydrogens (tertiary/aromatic N) is 2. The molecule has 1 atom stereocenters. The Balaban J connectivity index is 1.77. The largest absolute Gasteiger partial charge is 0.310 e. The third kappa shape index (κ3) is 2.84. The van der Waals surface area contributed by atoms with Crippen molar-refractivity contribution in [1.29, 1.82) is 0 Å². The molecular formula is C23H19N3OS. The van der Waals surface area contributed by atoms with E-state index in [1.165, 1.54) is 10.4 Å². The molecule has 4 nitrogen and oxygen atoms in total. The Morgan fingerprint density at radius 1 is 1.04 bits per heavy atom. The number of hydrogen-bond donors (Lipinski definition) is 1. The zero-order valence-corrected chi connectivity index (χ0v) is 16.2. The predicted molar refractivity (Wildman–Crippen MR) is 113 cm³/mol. The number of nitrogens with one attached hydrogen (secondary N) is 1. The first-order valence-corrected chi connectivity index (χ1v) is 10.2. The van der Waals surface area contributed by atoms with Gasteiger partial charge >= 0.3 is 0 Å². The monoisotopic (exact) mass is 385 g/mol. The second kappa shape index (κ2) is 6.77. The summed E-state index contributed by atoms with van der Waals surface area (Å²) in [6.45, 7) is 2.06. The lowest BCUT2D eigenvalue weighted by molar-refractivity contribution is -0.116. The minimum Gasteiger partial charge on any atom is -0.310 e. The van der Waals surface area contributed by atoms with Crippen molar-refractivity contribution in [2.45, 2.75) is 19.3 Å². The van der Waals surface area contributed by atoms with Crippen LogP contribution in [0.15, 0.2) is 72.1 Å². The van der Waals surface area contributed by atoms with Crippen molar-refractivity contribution in [3.63, 3.8) is 0 Å². The molecule has 0 fully saturated rings. The Bertz CT molecular complexity index is 1130. The molecule has 1 aliphatic heterocycles. The van der Waals surface area contributed by atoms with Gasteiger partial charge in [0.15, 0.2) is 0 Å². The molecule has 5 heteroatoms. The maximum Gasteiger partial charge on any atom is 0.226 e. The molecular weight excluding hydrogens is 366 g/mol. The Morgan fingerprint density at radius 2 is 1.82 bits per heavy atom. The highest BCUT2D eigenvalue weighted by atomic mass is 32.1.